The lowest BCUT2D eigenvalue weighted by molar-refractivity contribution is -0.140. The number of likely N-dealkylation sites (tertiary alicyclic amines) is 1. The molecule has 4 rings (SSSR count). The minimum absolute atomic E-state index is 0.364. The summed E-state index contributed by atoms with van der Waals surface area (Å²) < 4.78 is 0. The highest BCUT2D eigenvalue weighted by Crippen LogP contribution is 2.35. The molecule has 1 aromatic rings. The van der Waals surface area contributed by atoms with Crippen LogP contribution in [0.2, 0.25) is 0 Å². The van der Waals surface area contributed by atoms with Crippen LogP contribution in [0.5, 0.6) is 0 Å². The fourth-order valence-corrected chi connectivity index (χ4v) is 3.15. The van der Waals surface area contributed by atoms with E-state index in [2.05, 4.69) is 26.9 Å². The number of hydrogen-bond acceptors (Lipinski definition) is 3. The molecule has 2 aliphatic carbocycles. The van der Waals surface area contributed by atoms with Crippen LogP contribution >= 0.6 is 0 Å². The van der Waals surface area contributed by atoms with Gasteiger partial charge in [-0.25, -0.2) is 0 Å². The number of pyridine rings is 1. The lowest BCUT2D eigenvalue weighted by atomic mass is 10.0. The van der Waals surface area contributed by atoms with E-state index in [1.54, 1.807) is 0 Å². The summed E-state index contributed by atoms with van der Waals surface area (Å²) in [6.45, 7) is 4.06. The van der Waals surface area contributed by atoms with E-state index in [-0.39, 0.29) is 0 Å². The van der Waals surface area contributed by atoms with Crippen LogP contribution in [0.15, 0.2) is 24.5 Å². The van der Waals surface area contributed by atoms with Crippen molar-refractivity contribution in [3.63, 3.8) is 0 Å². The Balaban J connectivity index is 1.35. The lowest BCUT2D eigenvalue weighted by Crippen LogP contribution is -2.61. The Labute approximate surface area is 126 Å². The zero-order valence-electron chi connectivity index (χ0n) is 12.4. The van der Waals surface area contributed by atoms with Crippen LogP contribution < -0.4 is 0 Å². The van der Waals surface area contributed by atoms with E-state index >= 15 is 0 Å². The third kappa shape index (κ3) is 3.10. The maximum absolute atomic E-state index is 12.0. The van der Waals surface area contributed by atoms with E-state index in [0.29, 0.717) is 17.9 Å². The second-order valence-electron chi connectivity index (χ2n) is 6.90. The largest absolute Gasteiger partial charge is 0.339 e. The molecular weight excluding hydrogens is 262 g/mol. The van der Waals surface area contributed by atoms with Gasteiger partial charge in [-0.2, -0.15) is 0 Å². The van der Waals surface area contributed by atoms with Crippen molar-refractivity contribution < 1.29 is 4.79 Å². The van der Waals surface area contributed by atoms with Crippen LogP contribution in [-0.2, 0) is 11.3 Å². The Morgan fingerprint density at radius 2 is 1.90 bits per heavy atom. The highest BCUT2D eigenvalue weighted by atomic mass is 16.2. The summed E-state index contributed by atoms with van der Waals surface area (Å²) in [5.41, 5.74) is 1.33. The van der Waals surface area contributed by atoms with Crippen molar-refractivity contribution in [2.75, 3.05) is 19.6 Å². The zero-order valence-corrected chi connectivity index (χ0v) is 12.4. The van der Waals surface area contributed by atoms with Gasteiger partial charge in [0.25, 0.3) is 0 Å². The molecule has 2 heterocycles. The molecule has 1 aromatic heterocycles. The van der Waals surface area contributed by atoms with E-state index in [0.717, 1.165) is 38.4 Å². The van der Waals surface area contributed by atoms with Crippen LogP contribution in [0.4, 0.5) is 0 Å². The number of hydrogen-bond donors (Lipinski definition) is 0. The Hall–Kier alpha value is -1.42. The fraction of sp³-hybridized carbons (Fsp3) is 0.647. The van der Waals surface area contributed by atoms with Crippen LogP contribution in [0.1, 0.15) is 31.2 Å². The summed E-state index contributed by atoms with van der Waals surface area (Å²) >= 11 is 0. The first-order valence-corrected chi connectivity index (χ1v) is 8.21. The summed E-state index contributed by atoms with van der Waals surface area (Å²) in [5, 5.41) is 0. The molecule has 0 bridgehead atoms. The molecule has 0 spiro atoms. The summed E-state index contributed by atoms with van der Waals surface area (Å²) in [4.78, 5) is 20.8. The van der Waals surface area contributed by atoms with Gasteiger partial charge in [0, 0.05) is 50.5 Å². The van der Waals surface area contributed by atoms with Crippen molar-refractivity contribution in [2.45, 2.75) is 38.3 Å². The van der Waals surface area contributed by atoms with Crippen molar-refractivity contribution in [1.29, 1.82) is 0 Å². The Bertz CT molecular complexity index is 504. The smallest absolute Gasteiger partial charge is 0.225 e. The molecule has 0 unspecified atom stereocenters. The van der Waals surface area contributed by atoms with Gasteiger partial charge >= 0.3 is 0 Å². The Morgan fingerprint density at radius 3 is 2.52 bits per heavy atom. The van der Waals surface area contributed by atoms with Gasteiger partial charge in [0.2, 0.25) is 5.91 Å². The second-order valence-corrected chi connectivity index (χ2v) is 6.90. The molecule has 2 saturated carbocycles. The molecule has 0 N–H and O–H groups in total. The van der Waals surface area contributed by atoms with Crippen molar-refractivity contribution in [3.05, 3.63) is 30.1 Å². The van der Waals surface area contributed by atoms with E-state index < -0.39 is 0 Å². The maximum atomic E-state index is 12.0. The molecule has 21 heavy (non-hydrogen) atoms. The predicted molar refractivity (Wildman–Crippen MR) is 80.5 cm³/mol. The molecular formula is C17H23N3O. The quantitative estimate of drug-likeness (QED) is 0.801. The number of amides is 1. The summed E-state index contributed by atoms with van der Waals surface area (Å²) in [6.07, 6.45) is 8.73. The summed E-state index contributed by atoms with van der Waals surface area (Å²) in [7, 11) is 0. The minimum atomic E-state index is 0.364. The zero-order chi connectivity index (χ0) is 14.2. The van der Waals surface area contributed by atoms with Gasteiger partial charge in [0.1, 0.15) is 0 Å². The highest BCUT2D eigenvalue weighted by molar-refractivity contribution is 5.81. The minimum Gasteiger partial charge on any atom is -0.339 e. The van der Waals surface area contributed by atoms with Gasteiger partial charge in [0.05, 0.1) is 0 Å². The van der Waals surface area contributed by atoms with Crippen molar-refractivity contribution in [3.8, 4) is 0 Å². The van der Waals surface area contributed by atoms with Crippen LogP contribution in [-0.4, -0.2) is 46.4 Å². The molecule has 3 aliphatic rings. The molecule has 0 atom stereocenters. The van der Waals surface area contributed by atoms with Gasteiger partial charge in [-0.3, -0.25) is 14.7 Å². The maximum Gasteiger partial charge on any atom is 0.225 e. The summed E-state index contributed by atoms with van der Waals surface area (Å²) in [5.74, 6) is 1.66. The lowest BCUT2D eigenvalue weighted by Gasteiger charge is -2.45. The van der Waals surface area contributed by atoms with E-state index in [1.807, 2.05) is 12.4 Å². The van der Waals surface area contributed by atoms with Crippen molar-refractivity contribution >= 4 is 5.91 Å². The molecule has 112 valence electrons. The molecule has 0 radical (unpaired) electrons. The second kappa shape index (κ2) is 5.41. The molecule has 1 aliphatic heterocycles. The number of carbonyl (C=O) groups is 1. The Kier molecular flexibility index (Phi) is 3.42. The highest BCUT2D eigenvalue weighted by Gasteiger charge is 2.41. The average molecular weight is 285 g/mol. The molecule has 1 amide bonds. The van der Waals surface area contributed by atoms with Gasteiger partial charge in [-0.05, 0) is 49.3 Å². The van der Waals surface area contributed by atoms with E-state index in [1.165, 1.54) is 24.9 Å². The first kappa shape index (κ1) is 13.3. The third-order valence-corrected chi connectivity index (χ3v) is 4.94. The van der Waals surface area contributed by atoms with Gasteiger partial charge in [0.15, 0.2) is 0 Å². The number of rotatable bonds is 6. The molecule has 3 fully saturated rings. The van der Waals surface area contributed by atoms with Gasteiger partial charge in [-0.15, -0.1) is 0 Å². The van der Waals surface area contributed by atoms with Crippen LogP contribution in [0.3, 0.4) is 0 Å². The SMILES string of the molecule is O=C(C1CC1)N1CC(N(Cc2ccncc2)CC2CC2)C1. The van der Waals surface area contributed by atoms with Crippen molar-refractivity contribution in [1.82, 2.24) is 14.8 Å². The average Bonchev–Trinajstić information content (AvgIpc) is 3.32. The summed E-state index contributed by atoms with van der Waals surface area (Å²) in [6, 6.07) is 4.76. The number of nitrogens with zero attached hydrogens (tertiary/aromatic N) is 3. The van der Waals surface area contributed by atoms with Gasteiger partial charge in [-0.1, -0.05) is 0 Å². The third-order valence-electron chi connectivity index (χ3n) is 4.94. The standard InChI is InChI=1S/C17H23N3O/c21-17(15-3-4-15)20-11-16(12-20)19(9-13-1-2-13)10-14-5-7-18-8-6-14/h5-8,13,15-16H,1-4,9-12H2. The first-order chi connectivity index (χ1) is 10.3. The molecule has 4 heteroatoms. The van der Waals surface area contributed by atoms with Crippen molar-refractivity contribution in [2.24, 2.45) is 11.8 Å². The normalized spacial score (nSPS) is 22.4. The fourth-order valence-electron chi connectivity index (χ4n) is 3.15. The molecule has 1 saturated heterocycles. The molecule has 4 nitrogen and oxygen atoms in total. The van der Waals surface area contributed by atoms with E-state index in [4.69, 9.17) is 0 Å². The Morgan fingerprint density at radius 1 is 1.19 bits per heavy atom. The number of aromatic nitrogens is 1. The van der Waals surface area contributed by atoms with Crippen LogP contribution in [0.25, 0.3) is 0 Å². The van der Waals surface area contributed by atoms with Crippen LogP contribution in [0, 0.1) is 11.8 Å². The first-order valence-electron chi connectivity index (χ1n) is 8.21. The monoisotopic (exact) mass is 285 g/mol. The van der Waals surface area contributed by atoms with E-state index in [9.17, 15) is 4.79 Å². The topological polar surface area (TPSA) is 36.4 Å². The predicted octanol–water partition coefficient (Wildman–Crippen LogP) is 1.91. The number of carbonyl (C=O) groups excluding carboxylic acids is 1. The molecule has 0 aromatic carbocycles. The van der Waals surface area contributed by atoms with Gasteiger partial charge < -0.3 is 4.90 Å².